The highest BCUT2D eigenvalue weighted by atomic mass is 127. The Hall–Kier alpha value is -1.06. The molecule has 2 rings (SSSR count). The van der Waals surface area contributed by atoms with Crippen LogP contribution < -0.4 is 15.4 Å². The van der Waals surface area contributed by atoms with Gasteiger partial charge in [0.2, 0.25) is 0 Å². The topological polar surface area (TPSA) is 52.1 Å². The summed E-state index contributed by atoms with van der Waals surface area (Å²) in [6.45, 7) is 20.9. The Kier molecular flexibility index (Phi) is 12.0. The molecule has 1 heterocycles. The van der Waals surface area contributed by atoms with Crippen molar-refractivity contribution in [3.63, 3.8) is 0 Å². The third-order valence-electron chi connectivity index (χ3n) is 5.18. The smallest absolute Gasteiger partial charge is 0.191 e. The van der Waals surface area contributed by atoms with Crippen LogP contribution in [0.15, 0.2) is 29.3 Å². The van der Waals surface area contributed by atoms with Crippen molar-refractivity contribution in [2.24, 2.45) is 4.99 Å². The highest BCUT2D eigenvalue weighted by Gasteiger charge is 2.20. The lowest BCUT2D eigenvalue weighted by atomic mass is 10.1. The molecule has 172 valence electrons. The van der Waals surface area contributed by atoms with Gasteiger partial charge in [-0.15, -0.1) is 24.0 Å². The molecule has 1 saturated heterocycles. The molecule has 0 aromatic heterocycles. The Bertz CT molecular complexity index is 639. The number of nitrogens with one attached hydrogen (secondary N) is 2. The highest BCUT2D eigenvalue weighted by Crippen LogP contribution is 2.23. The van der Waals surface area contributed by atoms with Gasteiger partial charge in [0.15, 0.2) is 5.96 Å². The zero-order chi connectivity index (χ0) is 21.3. The van der Waals surface area contributed by atoms with E-state index in [-0.39, 0.29) is 29.6 Å². The van der Waals surface area contributed by atoms with Crippen LogP contribution in [0.3, 0.4) is 0 Å². The largest absolute Gasteiger partial charge is 0.488 e. The minimum absolute atomic E-state index is 0. The van der Waals surface area contributed by atoms with Crippen LogP contribution in [0, 0.1) is 0 Å². The van der Waals surface area contributed by atoms with Gasteiger partial charge in [0, 0.05) is 50.9 Å². The predicted octanol–water partition coefficient (Wildman–Crippen LogP) is 3.56. The Morgan fingerprint density at radius 2 is 1.77 bits per heavy atom. The molecule has 6 nitrogen and oxygen atoms in total. The molecule has 2 N–H and O–H groups in total. The Morgan fingerprint density at radius 3 is 2.37 bits per heavy atom. The maximum Gasteiger partial charge on any atom is 0.191 e. The SMILES string of the molecule is CCNC(=NCc1ccccc1OC(C)(C)C)NCC(C)N1CCN(CC)CC1.I. The zero-order valence-corrected chi connectivity index (χ0v) is 22.0. The summed E-state index contributed by atoms with van der Waals surface area (Å²) in [5.74, 6) is 1.76. The molecule has 1 unspecified atom stereocenters. The highest BCUT2D eigenvalue weighted by molar-refractivity contribution is 14.0. The summed E-state index contributed by atoms with van der Waals surface area (Å²) in [6.07, 6.45) is 0. The predicted molar refractivity (Wildman–Crippen MR) is 138 cm³/mol. The number of benzene rings is 1. The van der Waals surface area contributed by atoms with Gasteiger partial charge in [-0.1, -0.05) is 25.1 Å². The van der Waals surface area contributed by atoms with Crippen molar-refractivity contribution in [3.8, 4) is 5.75 Å². The van der Waals surface area contributed by atoms with Crippen molar-refractivity contribution in [2.45, 2.75) is 59.7 Å². The lowest BCUT2D eigenvalue weighted by Gasteiger charge is -2.37. The molecule has 0 bridgehead atoms. The van der Waals surface area contributed by atoms with Crippen LogP contribution in [0.1, 0.15) is 47.1 Å². The fourth-order valence-corrected chi connectivity index (χ4v) is 3.46. The molecule has 1 atom stereocenters. The van der Waals surface area contributed by atoms with Crippen LogP contribution in [-0.4, -0.2) is 73.2 Å². The minimum Gasteiger partial charge on any atom is -0.488 e. The summed E-state index contributed by atoms with van der Waals surface area (Å²) in [7, 11) is 0. The number of ether oxygens (including phenoxy) is 1. The average molecular weight is 532 g/mol. The third-order valence-corrected chi connectivity index (χ3v) is 5.18. The summed E-state index contributed by atoms with van der Waals surface area (Å²) in [5.41, 5.74) is 0.878. The number of hydrogen-bond donors (Lipinski definition) is 2. The van der Waals surface area contributed by atoms with Crippen LogP contribution in [-0.2, 0) is 6.54 Å². The first-order valence-electron chi connectivity index (χ1n) is 11.1. The second-order valence-electron chi connectivity index (χ2n) is 8.72. The number of halogens is 1. The minimum atomic E-state index is -0.222. The van der Waals surface area contributed by atoms with E-state index < -0.39 is 0 Å². The van der Waals surface area contributed by atoms with Gasteiger partial charge in [0.1, 0.15) is 11.4 Å². The summed E-state index contributed by atoms with van der Waals surface area (Å²) in [5, 5.41) is 6.89. The summed E-state index contributed by atoms with van der Waals surface area (Å²) in [6, 6.07) is 8.64. The number of hydrogen-bond acceptors (Lipinski definition) is 4. The Labute approximate surface area is 200 Å². The van der Waals surface area contributed by atoms with Crippen LogP contribution in [0.4, 0.5) is 0 Å². The quantitative estimate of drug-likeness (QED) is 0.305. The Morgan fingerprint density at radius 1 is 1.10 bits per heavy atom. The fraction of sp³-hybridized carbons (Fsp3) is 0.696. The molecule has 0 saturated carbocycles. The average Bonchev–Trinajstić information content (AvgIpc) is 2.69. The van der Waals surface area contributed by atoms with Crippen molar-refractivity contribution in [2.75, 3.05) is 45.8 Å². The van der Waals surface area contributed by atoms with Gasteiger partial charge in [0.25, 0.3) is 0 Å². The van der Waals surface area contributed by atoms with E-state index >= 15 is 0 Å². The first-order valence-corrected chi connectivity index (χ1v) is 11.1. The summed E-state index contributed by atoms with van der Waals surface area (Å²) < 4.78 is 6.10. The van der Waals surface area contributed by atoms with Crippen LogP contribution in [0.25, 0.3) is 0 Å². The van der Waals surface area contributed by atoms with E-state index in [2.05, 4.69) is 68.0 Å². The van der Waals surface area contributed by atoms with Crippen molar-refractivity contribution >= 4 is 29.9 Å². The fourth-order valence-electron chi connectivity index (χ4n) is 3.46. The second-order valence-corrected chi connectivity index (χ2v) is 8.72. The number of guanidine groups is 1. The first-order chi connectivity index (χ1) is 13.8. The van der Waals surface area contributed by atoms with E-state index in [1.165, 1.54) is 13.1 Å². The van der Waals surface area contributed by atoms with E-state index in [0.717, 1.165) is 50.0 Å². The van der Waals surface area contributed by atoms with E-state index in [1.807, 2.05) is 18.2 Å². The number of piperazine rings is 1. The second kappa shape index (κ2) is 13.4. The van der Waals surface area contributed by atoms with E-state index in [4.69, 9.17) is 9.73 Å². The van der Waals surface area contributed by atoms with Gasteiger partial charge in [-0.3, -0.25) is 4.90 Å². The third kappa shape index (κ3) is 9.39. The number of nitrogens with zero attached hydrogens (tertiary/aromatic N) is 3. The number of aliphatic imine (C=N–C) groups is 1. The monoisotopic (exact) mass is 531 g/mol. The molecule has 1 aromatic carbocycles. The van der Waals surface area contributed by atoms with Crippen molar-refractivity contribution in [1.82, 2.24) is 20.4 Å². The van der Waals surface area contributed by atoms with Crippen molar-refractivity contribution in [1.29, 1.82) is 0 Å². The standard InChI is InChI=1S/C23H41N5O.HI/c1-7-24-22(25-17-19(3)28-15-13-27(8-2)14-16-28)26-18-20-11-9-10-12-21(20)29-23(4,5)6;/h9-12,19H,7-8,13-18H2,1-6H3,(H2,24,25,26);1H. The number of rotatable bonds is 8. The van der Waals surface area contributed by atoms with Gasteiger partial charge in [-0.05, 0) is 47.2 Å². The first kappa shape index (κ1) is 27.0. The van der Waals surface area contributed by atoms with Crippen LogP contribution >= 0.6 is 24.0 Å². The molecule has 1 aromatic rings. The summed E-state index contributed by atoms with van der Waals surface area (Å²) >= 11 is 0. The van der Waals surface area contributed by atoms with Gasteiger partial charge in [-0.2, -0.15) is 0 Å². The van der Waals surface area contributed by atoms with E-state index in [9.17, 15) is 0 Å². The van der Waals surface area contributed by atoms with Crippen molar-refractivity contribution in [3.05, 3.63) is 29.8 Å². The molecule has 0 aliphatic carbocycles. The molecule has 7 heteroatoms. The maximum absolute atomic E-state index is 6.10. The van der Waals surface area contributed by atoms with Gasteiger partial charge in [-0.25, -0.2) is 4.99 Å². The maximum atomic E-state index is 6.10. The van der Waals surface area contributed by atoms with E-state index in [0.29, 0.717) is 12.6 Å². The molecule has 0 radical (unpaired) electrons. The lowest BCUT2D eigenvalue weighted by molar-refractivity contribution is 0.107. The molecule has 1 fully saturated rings. The number of para-hydroxylation sites is 1. The number of likely N-dealkylation sites (N-methyl/N-ethyl adjacent to an activating group) is 1. The molecule has 1 aliphatic heterocycles. The zero-order valence-electron chi connectivity index (χ0n) is 19.7. The van der Waals surface area contributed by atoms with Gasteiger partial charge < -0.3 is 20.3 Å². The Balaban J connectivity index is 0.00000450. The lowest BCUT2D eigenvalue weighted by Crippen LogP contribution is -2.53. The molecule has 0 amide bonds. The van der Waals surface area contributed by atoms with Gasteiger partial charge >= 0.3 is 0 Å². The van der Waals surface area contributed by atoms with Gasteiger partial charge in [0.05, 0.1) is 6.54 Å². The van der Waals surface area contributed by atoms with Crippen LogP contribution in [0.5, 0.6) is 5.75 Å². The van der Waals surface area contributed by atoms with Crippen molar-refractivity contribution < 1.29 is 4.74 Å². The molecule has 0 spiro atoms. The molecular formula is C23H42IN5O. The molecular weight excluding hydrogens is 489 g/mol. The molecule has 30 heavy (non-hydrogen) atoms. The van der Waals surface area contributed by atoms with E-state index in [1.54, 1.807) is 0 Å². The summed E-state index contributed by atoms with van der Waals surface area (Å²) in [4.78, 5) is 9.88. The normalized spacial score (nSPS) is 17.2. The molecule has 1 aliphatic rings. The van der Waals surface area contributed by atoms with Crippen LogP contribution in [0.2, 0.25) is 0 Å².